The van der Waals surface area contributed by atoms with E-state index in [0.29, 0.717) is 17.7 Å². The molecule has 5 heteroatoms. The summed E-state index contributed by atoms with van der Waals surface area (Å²) in [6.45, 7) is 1.72. The third-order valence-corrected chi connectivity index (χ3v) is 2.20. The molecule has 0 spiro atoms. The molecular formula is C13H14O5. The van der Waals surface area contributed by atoms with Crippen LogP contribution in [0.2, 0.25) is 0 Å². The van der Waals surface area contributed by atoms with Crippen molar-refractivity contribution in [2.45, 2.75) is 19.4 Å². The van der Waals surface area contributed by atoms with Gasteiger partial charge in [0.25, 0.3) is 0 Å². The van der Waals surface area contributed by atoms with Crippen molar-refractivity contribution in [3.8, 4) is 5.75 Å². The first-order valence-corrected chi connectivity index (χ1v) is 5.43. The molecule has 0 fully saturated rings. The Labute approximate surface area is 104 Å². The first-order valence-electron chi connectivity index (χ1n) is 5.43. The number of carbonyl (C=O) groups is 2. The molecule has 5 nitrogen and oxygen atoms in total. The van der Waals surface area contributed by atoms with E-state index in [9.17, 15) is 9.59 Å². The average molecular weight is 250 g/mol. The summed E-state index contributed by atoms with van der Waals surface area (Å²) in [4.78, 5) is 21.2. The van der Waals surface area contributed by atoms with Crippen LogP contribution in [0.4, 0.5) is 0 Å². The topological polar surface area (TPSA) is 83.8 Å². The van der Waals surface area contributed by atoms with Gasteiger partial charge >= 0.3 is 11.9 Å². The third-order valence-electron chi connectivity index (χ3n) is 2.20. The molecule has 1 aromatic rings. The van der Waals surface area contributed by atoms with Crippen LogP contribution >= 0.6 is 0 Å². The summed E-state index contributed by atoms with van der Waals surface area (Å²) in [5.74, 6) is -1.67. The Morgan fingerprint density at radius 2 is 2.11 bits per heavy atom. The molecule has 0 bridgehead atoms. The van der Waals surface area contributed by atoms with E-state index in [-0.39, 0.29) is 0 Å². The lowest BCUT2D eigenvalue weighted by molar-refractivity contribution is -0.145. The maximum Gasteiger partial charge on any atom is 0.344 e. The minimum absolute atomic E-state index is 0.352. The van der Waals surface area contributed by atoms with Crippen LogP contribution in [0, 0.1) is 0 Å². The Morgan fingerprint density at radius 1 is 1.39 bits per heavy atom. The van der Waals surface area contributed by atoms with Crippen molar-refractivity contribution in [1.82, 2.24) is 0 Å². The van der Waals surface area contributed by atoms with E-state index in [4.69, 9.17) is 14.9 Å². The second kappa shape index (κ2) is 6.44. The largest absolute Gasteiger partial charge is 0.479 e. The molecule has 0 heterocycles. The van der Waals surface area contributed by atoms with Crippen molar-refractivity contribution in [1.29, 1.82) is 0 Å². The summed E-state index contributed by atoms with van der Waals surface area (Å²) in [5.41, 5.74) is 0.634. The number of carboxylic acid groups (broad SMARTS) is 2. The minimum atomic E-state index is -1.04. The van der Waals surface area contributed by atoms with E-state index in [1.807, 2.05) is 0 Å². The fraction of sp³-hybridized carbons (Fsp3) is 0.231. The van der Waals surface area contributed by atoms with Crippen molar-refractivity contribution in [2.75, 3.05) is 0 Å². The second-order valence-electron chi connectivity index (χ2n) is 3.60. The van der Waals surface area contributed by atoms with Gasteiger partial charge in [-0.1, -0.05) is 19.1 Å². The SMILES string of the molecule is CCC(Oc1cccc(C=CC(=O)O)c1)C(=O)O. The van der Waals surface area contributed by atoms with Crippen LogP contribution in [0.1, 0.15) is 18.9 Å². The summed E-state index contributed by atoms with van der Waals surface area (Å²) < 4.78 is 5.29. The van der Waals surface area contributed by atoms with Crippen LogP contribution < -0.4 is 4.74 Å². The minimum Gasteiger partial charge on any atom is -0.479 e. The summed E-state index contributed by atoms with van der Waals surface area (Å²) in [6, 6.07) is 6.59. The van der Waals surface area contributed by atoms with Gasteiger partial charge in [0, 0.05) is 6.08 Å². The van der Waals surface area contributed by atoms with E-state index in [0.717, 1.165) is 6.08 Å². The van der Waals surface area contributed by atoms with Gasteiger partial charge in [-0.15, -0.1) is 0 Å². The maximum atomic E-state index is 10.8. The van der Waals surface area contributed by atoms with Gasteiger partial charge in [-0.25, -0.2) is 9.59 Å². The quantitative estimate of drug-likeness (QED) is 0.754. The highest BCUT2D eigenvalue weighted by Gasteiger charge is 2.16. The second-order valence-corrected chi connectivity index (χ2v) is 3.60. The lowest BCUT2D eigenvalue weighted by Crippen LogP contribution is -2.25. The van der Waals surface area contributed by atoms with Gasteiger partial charge in [-0.2, -0.15) is 0 Å². The molecular weight excluding hydrogens is 236 g/mol. The van der Waals surface area contributed by atoms with E-state index < -0.39 is 18.0 Å². The van der Waals surface area contributed by atoms with E-state index >= 15 is 0 Å². The summed E-state index contributed by atoms with van der Waals surface area (Å²) in [6.07, 6.45) is 1.87. The van der Waals surface area contributed by atoms with E-state index in [1.54, 1.807) is 31.2 Å². The fourth-order valence-corrected chi connectivity index (χ4v) is 1.33. The Hall–Kier alpha value is -2.30. The van der Waals surface area contributed by atoms with Crippen molar-refractivity contribution < 1.29 is 24.5 Å². The summed E-state index contributed by atoms with van der Waals surface area (Å²) >= 11 is 0. The molecule has 0 aliphatic rings. The maximum absolute atomic E-state index is 10.8. The molecule has 0 radical (unpaired) electrons. The van der Waals surface area contributed by atoms with Crippen LogP contribution in [0.15, 0.2) is 30.3 Å². The molecule has 0 saturated carbocycles. The van der Waals surface area contributed by atoms with Crippen LogP contribution in [0.3, 0.4) is 0 Å². The first kappa shape index (κ1) is 13.8. The number of aliphatic carboxylic acids is 2. The molecule has 1 atom stereocenters. The van der Waals surface area contributed by atoms with Gasteiger partial charge in [-0.05, 0) is 30.2 Å². The van der Waals surface area contributed by atoms with Gasteiger partial charge in [0.15, 0.2) is 6.10 Å². The fourth-order valence-electron chi connectivity index (χ4n) is 1.33. The number of hydrogen-bond donors (Lipinski definition) is 2. The van der Waals surface area contributed by atoms with Gasteiger partial charge in [-0.3, -0.25) is 0 Å². The molecule has 1 aromatic carbocycles. The number of carboxylic acids is 2. The van der Waals surface area contributed by atoms with Crippen LogP contribution in [0.5, 0.6) is 5.75 Å². The molecule has 0 saturated heterocycles. The highest BCUT2D eigenvalue weighted by Crippen LogP contribution is 2.17. The molecule has 2 N–H and O–H groups in total. The highest BCUT2D eigenvalue weighted by atomic mass is 16.5. The first-order chi connectivity index (χ1) is 8.52. The Bertz CT molecular complexity index is 464. The molecule has 0 aliphatic carbocycles. The molecule has 1 unspecified atom stereocenters. The molecule has 1 rings (SSSR count). The summed E-state index contributed by atoms with van der Waals surface area (Å²) in [7, 11) is 0. The Morgan fingerprint density at radius 3 is 2.67 bits per heavy atom. The Balaban J connectivity index is 2.82. The van der Waals surface area contributed by atoms with Crippen molar-refractivity contribution in [3.63, 3.8) is 0 Å². The molecule has 96 valence electrons. The summed E-state index contributed by atoms with van der Waals surface area (Å²) in [5, 5.41) is 17.4. The predicted octanol–water partition coefficient (Wildman–Crippen LogP) is 2.03. The van der Waals surface area contributed by atoms with Crippen LogP contribution in [0.25, 0.3) is 6.08 Å². The van der Waals surface area contributed by atoms with Crippen molar-refractivity contribution >= 4 is 18.0 Å². The standard InChI is InChI=1S/C13H14O5/c1-2-11(13(16)17)18-10-5-3-4-9(8-10)6-7-12(14)15/h3-8,11H,2H2,1H3,(H,14,15)(H,16,17). The number of benzene rings is 1. The van der Waals surface area contributed by atoms with Crippen LogP contribution in [-0.2, 0) is 9.59 Å². The average Bonchev–Trinajstić information content (AvgIpc) is 2.33. The van der Waals surface area contributed by atoms with Gasteiger partial charge in [0.1, 0.15) is 5.75 Å². The highest BCUT2D eigenvalue weighted by molar-refractivity contribution is 5.85. The van der Waals surface area contributed by atoms with E-state index in [2.05, 4.69) is 0 Å². The normalized spacial score (nSPS) is 12.3. The van der Waals surface area contributed by atoms with Crippen molar-refractivity contribution in [3.05, 3.63) is 35.9 Å². The van der Waals surface area contributed by atoms with E-state index in [1.165, 1.54) is 6.08 Å². The van der Waals surface area contributed by atoms with Gasteiger partial charge in [0.05, 0.1) is 0 Å². The monoisotopic (exact) mass is 250 g/mol. The van der Waals surface area contributed by atoms with Crippen LogP contribution in [-0.4, -0.2) is 28.3 Å². The lowest BCUT2D eigenvalue weighted by Gasteiger charge is -2.13. The third kappa shape index (κ3) is 4.29. The number of ether oxygens (including phenoxy) is 1. The molecule has 0 amide bonds. The molecule has 0 aromatic heterocycles. The smallest absolute Gasteiger partial charge is 0.344 e. The molecule has 18 heavy (non-hydrogen) atoms. The van der Waals surface area contributed by atoms with Crippen molar-refractivity contribution in [2.24, 2.45) is 0 Å². The zero-order chi connectivity index (χ0) is 13.5. The molecule has 0 aliphatic heterocycles. The van der Waals surface area contributed by atoms with Gasteiger partial charge < -0.3 is 14.9 Å². The lowest BCUT2D eigenvalue weighted by atomic mass is 10.2. The number of rotatable bonds is 6. The predicted molar refractivity (Wildman–Crippen MR) is 65.5 cm³/mol. The van der Waals surface area contributed by atoms with Gasteiger partial charge in [0.2, 0.25) is 0 Å². The Kier molecular flexibility index (Phi) is 4.92. The number of hydrogen-bond acceptors (Lipinski definition) is 3. The zero-order valence-electron chi connectivity index (χ0n) is 9.87. The zero-order valence-corrected chi connectivity index (χ0v) is 9.87.